The molecule has 2 aromatic heterocycles. The maximum absolute atomic E-state index is 13.0. The van der Waals surface area contributed by atoms with Gasteiger partial charge < -0.3 is 4.74 Å². The van der Waals surface area contributed by atoms with Crippen molar-refractivity contribution in [3.05, 3.63) is 53.1 Å². The Balaban J connectivity index is 2.15. The fourth-order valence-electron chi connectivity index (χ4n) is 2.05. The SMILES string of the molecule is CCOC(=O)c1cnn2c(Cl)cc(-c3ccc(F)cc3)nc12. The monoisotopic (exact) mass is 319 g/mol. The van der Waals surface area contributed by atoms with Gasteiger partial charge in [-0.25, -0.2) is 18.7 Å². The minimum Gasteiger partial charge on any atom is -0.462 e. The average Bonchev–Trinajstić information content (AvgIpc) is 2.92. The Bertz CT molecular complexity index is 846. The second kappa shape index (κ2) is 5.73. The van der Waals surface area contributed by atoms with E-state index in [2.05, 4.69) is 10.1 Å². The predicted molar refractivity (Wildman–Crippen MR) is 79.3 cm³/mol. The molecular weight excluding hydrogens is 309 g/mol. The Morgan fingerprint density at radius 2 is 2.09 bits per heavy atom. The van der Waals surface area contributed by atoms with E-state index < -0.39 is 5.97 Å². The molecule has 22 heavy (non-hydrogen) atoms. The van der Waals surface area contributed by atoms with Crippen molar-refractivity contribution in [2.45, 2.75) is 6.92 Å². The molecule has 0 amide bonds. The molecule has 0 aliphatic rings. The van der Waals surface area contributed by atoms with E-state index in [1.807, 2.05) is 0 Å². The van der Waals surface area contributed by atoms with E-state index in [4.69, 9.17) is 16.3 Å². The van der Waals surface area contributed by atoms with E-state index in [-0.39, 0.29) is 18.0 Å². The summed E-state index contributed by atoms with van der Waals surface area (Å²) in [7, 11) is 0. The number of ether oxygens (including phenoxy) is 1. The van der Waals surface area contributed by atoms with Crippen LogP contribution < -0.4 is 0 Å². The fraction of sp³-hybridized carbons (Fsp3) is 0.133. The standard InChI is InChI=1S/C15H11ClFN3O2/c1-2-22-15(21)11-8-18-20-13(16)7-12(19-14(11)20)9-3-5-10(17)6-4-9/h3-8H,2H2,1H3. The highest BCUT2D eigenvalue weighted by molar-refractivity contribution is 6.30. The quantitative estimate of drug-likeness (QED) is 0.548. The van der Waals surface area contributed by atoms with Crippen molar-refractivity contribution < 1.29 is 13.9 Å². The van der Waals surface area contributed by atoms with Crippen LogP contribution in [0.5, 0.6) is 0 Å². The van der Waals surface area contributed by atoms with E-state index in [1.165, 1.54) is 22.8 Å². The Morgan fingerprint density at radius 1 is 1.36 bits per heavy atom. The molecule has 1 aromatic carbocycles. The van der Waals surface area contributed by atoms with Crippen LogP contribution in [0.4, 0.5) is 4.39 Å². The van der Waals surface area contributed by atoms with Crippen LogP contribution >= 0.6 is 11.6 Å². The molecule has 0 fully saturated rings. The Kier molecular flexibility index (Phi) is 3.77. The van der Waals surface area contributed by atoms with Crippen molar-refractivity contribution in [3.63, 3.8) is 0 Å². The van der Waals surface area contributed by atoms with E-state index in [0.29, 0.717) is 22.1 Å². The third kappa shape index (κ3) is 2.53. The summed E-state index contributed by atoms with van der Waals surface area (Å²) >= 11 is 6.17. The molecule has 2 heterocycles. The van der Waals surface area contributed by atoms with Gasteiger partial charge in [0.05, 0.1) is 18.5 Å². The maximum atomic E-state index is 13.0. The molecule has 0 aliphatic carbocycles. The summed E-state index contributed by atoms with van der Waals surface area (Å²) in [5, 5.41) is 4.32. The molecule has 0 radical (unpaired) electrons. The number of hydrogen-bond acceptors (Lipinski definition) is 4. The lowest BCUT2D eigenvalue weighted by Gasteiger charge is -2.05. The Labute approximate surface area is 130 Å². The molecule has 0 bridgehead atoms. The molecule has 3 rings (SSSR count). The van der Waals surface area contributed by atoms with Gasteiger partial charge >= 0.3 is 5.97 Å². The van der Waals surface area contributed by atoms with Gasteiger partial charge in [-0.15, -0.1) is 0 Å². The summed E-state index contributed by atoms with van der Waals surface area (Å²) in [6, 6.07) is 7.44. The molecule has 0 atom stereocenters. The van der Waals surface area contributed by atoms with Crippen molar-refractivity contribution in [3.8, 4) is 11.3 Å². The molecule has 0 aliphatic heterocycles. The molecule has 0 N–H and O–H groups in total. The highest BCUT2D eigenvalue weighted by Gasteiger charge is 2.18. The smallest absolute Gasteiger partial charge is 0.343 e. The van der Waals surface area contributed by atoms with Crippen LogP contribution in [0.3, 0.4) is 0 Å². The molecule has 112 valence electrons. The first kappa shape index (κ1) is 14.5. The number of esters is 1. The van der Waals surface area contributed by atoms with Gasteiger partial charge in [0.25, 0.3) is 0 Å². The first-order valence-corrected chi connectivity index (χ1v) is 6.95. The lowest BCUT2D eigenvalue weighted by molar-refractivity contribution is 0.0528. The van der Waals surface area contributed by atoms with Gasteiger partial charge in [0.1, 0.15) is 16.5 Å². The lowest BCUT2D eigenvalue weighted by Crippen LogP contribution is -2.05. The van der Waals surface area contributed by atoms with Gasteiger partial charge in [0.2, 0.25) is 0 Å². The lowest BCUT2D eigenvalue weighted by atomic mass is 10.1. The van der Waals surface area contributed by atoms with Gasteiger partial charge in [-0.05, 0) is 31.2 Å². The van der Waals surface area contributed by atoms with Crippen LogP contribution in [0.25, 0.3) is 16.9 Å². The minimum atomic E-state index is -0.516. The first-order valence-electron chi connectivity index (χ1n) is 6.57. The van der Waals surface area contributed by atoms with E-state index in [9.17, 15) is 9.18 Å². The second-order valence-electron chi connectivity index (χ2n) is 4.49. The van der Waals surface area contributed by atoms with Crippen molar-refractivity contribution in [2.24, 2.45) is 0 Å². The number of fused-ring (bicyclic) bond motifs is 1. The highest BCUT2D eigenvalue weighted by atomic mass is 35.5. The molecule has 0 unspecified atom stereocenters. The number of halogens is 2. The zero-order valence-corrected chi connectivity index (χ0v) is 12.3. The van der Waals surface area contributed by atoms with Crippen LogP contribution in [0.15, 0.2) is 36.5 Å². The zero-order valence-electron chi connectivity index (χ0n) is 11.6. The Hall–Kier alpha value is -2.47. The number of carbonyl (C=O) groups is 1. The summed E-state index contributed by atoms with van der Waals surface area (Å²) in [5.41, 5.74) is 1.73. The predicted octanol–water partition coefficient (Wildman–Crippen LogP) is 3.37. The number of benzene rings is 1. The van der Waals surface area contributed by atoms with E-state index in [0.717, 1.165) is 0 Å². The molecule has 0 saturated heterocycles. The van der Waals surface area contributed by atoms with Gasteiger partial charge in [-0.3, -0.25) is 0 Å². The molecular formula is C15H11ClFN3O2. The van der Waals surface area contributed by atoms with Crippen LogP contribution in [-0.4, -0.2) is 27.2 Å². The molecule has 0 spiro atoms. The van der Waals surface area contributed by atoms with Crippen LogP contribution in [0.1, 0.15) is 17.3 Å². The first-order chi connectivity index (χ1) is 10.6. The minimum absolute atomic E-state index is 0.229. The summed E-state index contributed by atoms with van der Waals surface area (Å²) in [6.45, 7) is 1.97. The fourth-order valence-corrected chi connectivity index (χ4v) is 2.27. The van der Waals surface area contributed by atoms with Crippen LogP contribution in [-0.2, 0) is 4.74 Å². The third-order valence-electron chi connectivity index (χ3n) is 3.06. The second-order valence-corrected chi connectivity index (χ2v) is 4.87. The Morgan fingerprint density at radius 3 is 2.77 bits per heavy atom. The van der Waals surface area contributed by atoms with Gasteiger partial charge in [-0.2, -0.15) is 5.10 Å². The number of nitrogens with zero attached hydrogens (tertiary/aromatic N) is 3. The van der Waals surface area contributed by atoms with Crippen molar-refractivity contribution in [1.82, 2.24) is 14.6 Å². The number of carbonyl (C=O) groups excluding carboxylic acids is 1. The number of rotatable bonds is 3. The van der Waals surface area contributed by atoms with Crippen LogP contribution in [0, 0.1) is 5.82 Å². The van der Waals surface area contributed by atoms with E-state index in [1.54, 1.807) is 25.1 Å². The molecule has 0 saturated carbocycles. The summed E-state index contributed by atoms with van der Waals surface area (Å²) in [5.74, 6) is -0.857. The number of aromatic nitrogens is 3. The number of hydrogen-bond donors (Lipinski definition) is 0. The molecule has 5 nitrogen and oxygen atoms in total. The highest BCUT2D eigenvalue weighted by Crippen LogP contribution is 2.24. The van der Waals surface area contributed by atoms with E-state index >= 15 is 0 Å². The average molecular weight is 320 g/mol. The van der Waals surface area contributed by atoms with Crippen LogP contribution in [0.2, 0.25) is 5.15 Å². The molecule has 3 aromatic rings. The largest absolute Gasteiger partial charge is 0.462 e. The topological polar surface area (TPSA) is 56.5 Å². The maximum Gasteiger partial charge on any atom is 0.343 e. The normalized spacial score (nSPS) is 10.9. The molecule has 7 heteroatoms. The van der Waals surface area contributed by atoms with Crippen molar-refractivity contribution in [1.29, 1.82) is 0 Å². The summed E-state index contributed by atoms with van der Waals surface area (Å²) in [6.07, 6.45) is 1.36. The van der Waals surface area contributed by atoms with Crippen molar-refractivity contribution in [2.75, 3.05) is 6.61 Å². The summed E-state index contributed by atoms with van der Waals surface area (Å²) < 4.78 is 19.3. The van der Waals surface area contributed by atoms with Crippen molar-refractivity contribution >= 4 is 23.2 Å². The van der Waals surface area contributed by atoms with Gasteiger partial charge in [0, 0.05) is 11.6 Å². The summed E-state index contributed by atoms with van der Waals surface area (Å²) in [4.78, 5) is 16.3. The van der Waals surface area contributed by atoms with Gasteiger partial charge in [-0.1, -0.05) is 11.6 Å². The third-order valence-corrected chi connectivity index (χ3v) is 3.33. The van der Waals surface area contributed by atoms with Gasteiger partial charge in [0.15, 0.2) is 5.65 Å². The zero-order chi connectivity index (χ0) is 15.7.